The standard InChI is InChI=1S/C17H15ClO2.C4H12N2.2ClH/c1-11(2)12-7-9-13(10-8-12)16(19)14-5-3-4-6-15(14)17(18)20;1-4(2,3)6-5;;/h3-11H,1-2H3;6H,5H2,1-3H3;2*1H. The average molecular weight is 448 g/mol. The maximum atomic E-state index is 12.4. The number of ketones is 1. The Morgan fingerprint density at radius 1 is 0.929 bits per heavy atom. The van der Waals surface area contributed by atoms with Gasteiger partial charge >= 0.3 is 0 Å². The van der Waals surface area contributed by atoms with Gasteiger partial charge in [-0.3, -0.25) is 20.9 Å². The number of nitrogens with one attached hydrogen (secondary N) is 1. The molecule has 0 bridgehead atoms. The lowest BCUT2D eigenvalue weighted by Crippen LogP contribution is -2.41. The Kier molecular flexibility index (Phi) is 13.3. The SMILES string of the molecule is CC(C)(C)NN.CC(C)c1ccc(C(=O)c2ccccc2C(=O)Cl)cc1.Cl.Cl. The second-order valence-electron chi connectivity index (χ2n) is 7.32. The van der Waals surface area contributed by atoms with E-state index < -0.39 is 5.24 Å². The molecular weight excluding hydrogens is 419 g/mol. The maximum absolute atomic E-state index is 12.4. The van der Waals surface area contributed by atoms with Crippen LogP contribution in [0.25, 0.3) is 0 Å². The van der Waals surface area contributed by atoms with Gasteiger partial charge in [0.05, 0.1) is 0 Å². The van der Waals surface area contributed by atoms with Gasteiger partial charge in [0, 0.05) is 22.2 Å². The van der Waals surface area contributed by atoms with Crippen LogP contribution in [0.15, 0.2) is 48.5 Å². The number of hydrazine groups is 1. The highest BCUT2D eigenvalue weighted by molar-refractivity contribution is 6.68. The lowest BCUT2D eigenvalue weighted by Gasteiger charge is -2.14. The molecule has 0 aliphatic rings. The Labute approximate surface area is 185 Å². The fourth-order valence-corrected chi connectivity index (χ4v) is 2.19. The van der Waals surface area contributed by atoms with Crippen LogP contribution in [0.1, 0.15) is 72.4 Å². The van der Waals surface area contributed by atoms with E-state index in [0.717, 1.165) is 0 Å². The van der Waals surface area contributed by atoms with Crippen molar-refractivity contribution < 1.29 is 9.59 Å². The third kappa shape index (κ3) is 9.18. The Morgan fingerprint density at radius 3 is 1.71 bits per heavy atom. The Balaban J connectivity index is 0. The zero-order chi connectivity index (χ0) is 19.9. The minimum absolute atomic E-state index is 0. The van der Waals surface area contributed by atoms with E-state index in [2.05, 4.69) is 19.3 Å². The van der Waals surface area contributed by atoms with Crippen molar-refractivity contribution in [1.82, 2.24) is 5.43 Å². The van der Waals surface area contributed by atoms with Crippen LogP contribution < -0.4 is 11.3 Å². The molecule has 0 unspecified atom stereocenters. The van der Waals surface area contributed by atoms with E-state index in [0.29, 0.717) is 17.0 Å². The van der Waals surface area contributed by atoms with Gasteiger partial charge in [0.15, 0.2) is 5.78 Å². The van der Waals surface area contributed by atoms with Crippen molar-refractivity contribution in [1.29, 1.82) is 0 Å². The van der Waals surface area contributed by atoms with E-state index in [4.69, 9.17) is 17.4 Å². The molecule has 0 amide bonds. The van der Waals surface area contributed by atoms with E-state index in [-0.39, 0.29) is 41.7 Å². The highest BCUT2D eigenvalue weighted by Crippen LogP contribution is 2.19. The number of carbonyl (C=O) groups excluding carboxylic acids is 2. The summed E-state index contributed by atoms with van der Waals surface area (Å²) in [5.74, 6) is 5.28. The first-order valence-corrected chi connectivity index (χ1v) is 8.86. The lowest BCUT2D eigenvalue weighted by atomic mass is 9.96. The van der Waals surface area contributed by atoms with Crippen LogP contribution in [-0.4, -0.2) is 16.6 Å². The van der Waals surface area contributed by atoms with Crippen molar-refractivity contribution in [3.8, 4) is 0 Å². The normalized spacial score (nSPS) is 10.1. The molecule has 0 spiro atoms. The molecule has 28 heavy (non-hydrogen) atoms. The first-order chi connectivity index (χ1) is 12.1. The number of nitrogens with two attached hydrogens (primary N) is 1. The van der Waals surface area contributed by atoms with Crippen molar-refractivity contribution >= 4 is 47.4 Å². The summed E-state index contributed by atoms with van der Waals surface area (Å²) >= 11 is 5.52. The minimum atomic E-state index is -0.618. The van der Waals surface area contributed by atoms with Gasteiger partial charge in [0.1, 0.15) is 0 Å². The first kappa shape index (κ1) is 28.8. The highest BCUT2D eigenvalue weighted by atomic mass is 35.5. The fourth-order valence-electron chi connectivity index (χ4n) is 2.03. The summed E-state index contributed by atoms with van der Waals surface area (Å²) in [4.78, 5) is 23.8. The zero-order valence-corrected chi connectivity index (χ0v) is 19.2. The molecule has 0 aliphatic carbocycles. The summed E-state index contributed by atoms with van der Waals surface area (Å²) in [5.41, 5.74) is 4.98. The Morgan fingerprint density at radius 2 is 1.36 bits per heavy atom. The number of benzene rings is 2. The van der Waals surface area contributed by atoms with Crippen molar-refractivity contribution in [3.63, 3.8) is 0 Å². The van der Waals surface area contributed by atoms with Crippen molar-refractivity contribution in [3.05, 3.63) is 70.8 Å². The highest BCUT2D eigenvalue weighted by Gasteiger charge is 2.16. The zero-order valence-electron chi connectivity index (χ0n) is 16.8. The first-order valence-electron chi connectivity index (χ1n) is 8.48. The molecule has 156 valence electrons. The van der Waals surface area contributed by atoms with E-state index in [1.54, 1.807) is 36.4 Å². The summed E-state index contributed by atoms with van der Waals surface area (Å²) in [6.45, 7) is 10.2. The molecule has 7 heteroatoms. The number of halogens is 3. The molecule has 0 saturated carbocycles. The molecule has 2 aromatic rings. The molecule has 0 radical (unpaired) electrons. The maximum Gasteiger partial charge on any atom is 0.253 e. The van der Waals surface area contributed by atoms with Crippen LogP contribution in [0, 0.1) is 0 Å². The smallest absolute Gasteiger partial charge is 0.253 e. The summed E-state index contributed by atoms with van der Waals surface area (Å²) < 4.78 is 0. The molecule has 4 nitrogen and oxygen atoms in total. The van der Waals surface area contributed by atoms with Gasteiger partial charge in [0.2, 0.25) is 0 Å². The third-order valence-corrected chi connectivity index (χ3v) is 3.86. The van der Waals surface area contributed by atoms with Gasteiger partial charge in [-0.05, 0) is 49.9 Å². The van der Waals surface area contributed by atoms with Crippen molar-refractivity contribution in [2.45, 2.75) is 46.1 Å². The van der Waals surface area contributed by atoms with Gasteiger partial charge < -0.3 is 0 Å². The fraction of sp³-hybridized carbons (Fsp3) is 0.333. The van der Waals surface area contributed by atoms with Crippen LogP contribution in [-0.2, 0) is 0 Å². The van der Waals surface area contributed by atoms with Crippen molar-refractivity contribution in [2.24, 2.45) is 5.84 Å². The van der Waals surface area contributed by atoms with Crippen LogP contribution in [0.4, 0.5) is 0 Å². The molecule has 0 aliphatic heterocycles. The van der Waals surface area contributed by atoms with E-state index in [1.165, 1.54) is 5.56 Å². The van der Waals surface area contributed by atoms with Crippen LogP contribution >= 0.6 is 36.4 Å². The van der Waals surface area contributed by atoms with Crippen molar-refractivity contribution in [2.75, 3.05) is 0 Å². The summed E-state index contributed by atoms with van der Waals surface area (Å²) in [6, 6.07) is 14.0. The predicted octanol–water partition coefficient (Wildman–Crippen LogP) is 5.51. The Bertz CT molecular complexity index is 755. The van der Waals surface area contributed by atoms with Crippen LogP contribution in [0.3, 0.4) is 0 Å². The second kappa shape index (κ2) is 12.9. The number of hydrogen-bond donors (Lipinski definition) is 2. The third-order valence-electron chi connectivity index (χ3n) is 3.66. The van der Waals surface area contributed by atoms with Crippen LogP contribution in [0.5, 0.6) is 0 Å². The molecule has 0 aromatic heterocycles. The predicted molar refractivity (Wildman–Crippen MR) is 122 cm³/mol. The van der Waals surface area contributed by atoms with Gasteiger partial charge in [-0.1, -0.05) is 56.3 Å². The van der Waals surface area contributed by atoms with Gasteiger partial charge in [0.25, 0.3) is 5.24 Å². The molecule has 0 fully saturated rings. The average Bonchev–Trinajstić information content (AvgIpc) is 2.61. The molecule has 2 rings (SSSR count). The Hall–Kier alpha value is -1.43. The largest absolute Gasteiger partial charge is 0.289 e. The molecule has 0 heterocycles. The number of rotatable bonds is 4. The van der Waals surface area contributed by atoms with Gasteiger partial charge in [-0.25, -0.2) is 0 Å². The summed E-state index contributed by atoms with van der Waals surface area (Å²) in [5, 5.41) is -0.618. The topological polar surface area (TPSA) is 72.2 Å². The van der Waals surface area contributed by atoms with E-state index in [9.17, 15) is 9.59 Å². The summed E-state index contributed by atoms with van der Waals surface area (Å²) in [7, 11) is 0. The van der Waals surface area contributed by atoms with E-state index in [1.807, 2.05) is 32.9 Å². The molecule has 0 saturated heterocycles. The second-order valence-corrected chi connectivity index (χ2v) is 7.66. The molecule has 2 aromatic carbocycles. The van der Waals surface area contributed by atoms with E-state index >= 15 is 0 Å². The minimum Gasteiger partial charge on any atom is -0.289 e. The monoisotopic (exact) mass is 446 g/mol. The quantitative estimate of drug-likeness (QED) is 0.280. The van der Waals surface area contributed by atoms with Gasteiger partial charge in [-0.15, -0.1) is 24.8 Å². The molecule has 0 atom stereocenters. The molecule has 3 N–H and O–H groups in total. The number of carbonyl (C=O) groups is 2. The van der Waals surface area contributed by atoms with Gasteiger partial charge in [-0.2, -0.15) is 0 Å². The number of hydrogen-bond acceptors (Lipinski definition) is 4. The van der Waals surface area contributed by atoms with Crippen LogP contribution in [0.2, 0.25) is 0 Å². The molecular formula is C21H29Cl3N2O2. The lowest BCUT2D eigenvalue weighted by molar-refractivity contribution is 0.102. The summed E-state index contributed by atoms with van der Waals surface area (Å²) in [6.07, 6.45) is 0.